The van der Waals surface area contributed by atoms with Crippen LogP contribution in [0.3, 0.4) is 0 Å². The Kier molecular flexibility index (Phi) is 4.31. The van der Waals surface area contributed by atoms with Gasteiger partial charge in [0, 0.05) is 6.54 Å². The van der Waals surface area contributed by atoms with Gasteiger partial charge in [0.2, 0.25) is 0 Å². The molecule has 1 aliphatic heterocycles. The smallest absolute Gasteiger partial charge is 0.250 e. The van der Waals surface area contributed by atoms with E-state index in [1.165, 1.54) is 6.42 Å². The van der Waals surface area contributed by atoms with Crippen molar-refractivity contribution in [3.63, 3.8) is 0 Å². The summed E-state index contributed by atoms with van der Waals surface area (Å²) in [6.07, 6.45) is 3.08. The molecule has 0 aromatic rings. The fraction of sp³-hybridized carbons (Fsp3) is 0.889. The summed E-state index contributed by atoms with van der Waals surface area (Å²) >= 11 is 0. The largest absolute Gasteiger partial charge is 0.320 e. The van der Waals surface area contributed by atoms with Crippen LogP contribution in [0.25, 0.3) is 0 Å². The van der Waals surface area contributed by atoms with Crippen LogP contribution >= 0.6 is 0 Å². The lowest BCUT2D eigenvalue weighted by molar-refractivity contribution is -0.122. The van der Waals surface area contributed by atoms with Gasteiger partial charge in [-0.1, -0.05) is 0 Å². The molecule has 2 unspecified atom stereocenters. The highest BCUT2D eigenvalue weighted by atomic mass is 16.2. The highest BCUT2D eigenvalue weighted by Crippen LogP contribution is 2.19. The van der Waals surface area contributed by atoms with Crippen molar-refractivity contribution in [1.82, 2.24) is 10.3 Å². The third kappa shape index (κ3) is 3.25. The van der Waals surface area contributed by atoms with E-state index < -0.39 is 6.04 Å². The maximum atomic E-state index is 11.1. The molecular weight excluding hydrogens is 180 g/mol. The Morgan fingerprint density at radius 1 is 1.71 bits per heavy atom. The number of hydrogen-bond acceptors (Lipinski definition) is 4. The van der Waals surface area contributed by atoms with Gasteiger partial charge in [0.15, 0.2) is 0 Å². The van der Waals surface area contributed by atoms with Gasteiger partial charge in [0.25, 0.3) is 5.91 Å². The molecule has 5 nitrogen and oxygen atoms in total. The molecule has 0 spiro atoms. The number of rotatable bonds is 3. The Bertz CT molecular complexity index is 197. The molecule has 0 aromatic heterocycles. The standard InChI is InChI=1S/C9H20N4O/c1-13-4-2-3-7(6-13)5-8(10)9(14)12-11/h7-8H,2-6,10-11H2,1H3,(H,12,14). The van der Waals surface area contributed by atoms with Gasteiger partial charge in [0.05, 0.1) is 6.04 Å². The molecule has 0 aliphatic carbocycles. The van der Waals surface area contributed by atoms with E-state index in [1.54, 1.807) is 0 Å². The molecule has 5 N–H and O–H groups in total. The summed E-state index contributed by atoms with van der Waals surface area (Å²) in [6, 6.07) is -0.462. The van der Waals surface area contributed by atoms with Crippen LogP contribution in [0.2, 0.25) is 0 Å². The van der Waals surface area contributed by atoms with Gasteiger partial charge >= 0.3 is 0 Å². The fourth-order valence-corrected chi connectivity index (χ4v) is 2.04. The summed E-state index contributed by atoms with van der Waals surface area (Å²) in [7, 11) is 2.10. The summed E-state index contributed by atoms with van der Waals surface area (Å²) in [5.74, 6) is 5.28. The van der Waals surface area contributed by atoms with Gasteiger partial charge in [-0.3, -0.25) is 10.2 Å². The number of nitrogens with one attached hydrogen (secondary N) is 1. The van der Waals surface area contributed by atoms with Crippen LogP contribution in [-0.2, 0) is 4.79 Å². The Hall–Kier alpha value is -0.650. The molecule has 1 saturated heterocycles. The highest BCUT2D eigenvalue weighted by molar-refractivity contribution is 5.80. The van der Waals surface area contributed by atoms with E-state index >= 15 is 0 Å². The minimum atomic E-state index is -0.462. The first-order valence-corrected chi connectivity index (χ1v) is 5.08. The number of nitrogens with zero attached hydrogens (tertiary/aromatic N) is 1. The molecule has 1 rings (SSSR count). The predicted octanol–water partition coefficient (Wildman–Crippen LogP) is -0.964. The molecule has 5 heteroatoms. The lowest BCUT2D eigenvalue weighted by Gasteiger charge is -2.30. The lowest BCUT2D eigenvalue weighted by atomic mass is 9.92. The second-order valence-corrected chi connectivity index (χ2v) is 4.12. The molecule has 0 bridgehead atoms. The van der Waals surface area contributed by atoms with Crippen LogP contribution in [-0.4, -0.2) is 37.0 Å². The van der Waals surface area contributed by atoms with Gasteiger partial charge in [-0.05, 0) is 38.8 Å². The molecular formula is C9H20N4O. The number of carbonyl (C=O) groups excluding carboxylic acids is 1. The van der Waals surface area contributed by atoms with Crippen molar-refractivity contribution in [3.05, 3.63) is 0 Å². The van der Waals surface area contributed by atoms with E-state index in [-0.39, 0.29) is 5.91 Å². The predicted molar refractivity (Wildman–Crippen MR) is 55.1 cm³/mol. The zero-order valence-corrected chi connectivity index (χ0v) is 8.70. The quantitative estimate of drug-likeness (QED) is 0.311. The zero-order valence-electron chi connectivity index (χ0n) is 8.70. The van der Waals surface area contributed by atoms with Crippen molar-refractivity contribution < 1.29 is 4.79 Å². The molecule has 1 amide bonds. The van der Waals surface area contributed by atoms with Crippen LogP contribution in [0.1, 0.15) is 19.3 Å². The van der Waals surface area contributed by atoms with E-state index in [0.29, 0.717) is 5.92 Å². The summed E-state index contributed by atoms with van der Waals surface area (Å²) in [6.45, 7) is 2.18. The van der Waals surface area contributed by atoms with Crippen molar-refractivity contribution in [2.24, 2.45) is 17.5 Å². The van der Waals surface area contributed by atoms with Crippen molar-refractivity contribution in [2.75, 3.05) is 20.1 Å². The lowest BCUT2D eigenvalue weighted by Crippen LogP contribution is -2.46. The van der Waals surface area contributed by atoms with E-state index in [9.17, 15) is 4.79 Å². The average molecular weight is 200 g/mol. The Morgan fingerprint density at radius 2 is 2.43 bits per heavy atom. The average Bonchev–Trinajstić information content (AvgIpc) is 2.16. The van der Waals surface area contributed by atoms with Crippen molar-refractivity contribution >= 4 is 5.91 Å². The minimum absolute atomic E-state index is 0.266. The van der Waals surface area contributed by atoms with Gasteiger partial charge < -0.3 is 10.6 Å². The Morgan fingerprint density at radius 3 is 3.00 bits per heavy atom. The second-order valence-electron chi connectivity index (χ2n) is 4.12. The molecule has 82 valence electrons. The highest BCUT2D eigenvalue weighted by Gasteiger charge is 2.22. The molecule has 14 heavy (non-hydrogen) atoms. The first-order valence-electron chi connectivity index (χ1n) is 5.08. The number of hydrazine groups is 1. The van der Waals surface area contributed by atoms with Crippen LogP contribution in [0.4, 0.5) is 0 Å². The molecule has 2 atom stereocenters. The number of carbonyl (C=O) groups is 1. The summed E-state index contributed by atoms with van der Waals surface area (Å²) in [5.41, 5.74) is 7.78. The first kappa shape index (κ1) is 11.4. The fourth-order valence-electron chi connectivity index (χ4n) is 2.04. The second kappa shape index (κ2) is 5.29. The number of amides is 1. The molecule has 0 radical (unpaired) electrons. The Balaban J connectivity index is 2.32. The zero-order chi connectivity index (χ0) is 10.6. The number of piperidine rings is 1. The molecule has 1 heterocycles. The van der Waals surface area contributed by atoms with Crippen molar-refractivity contribution in [1.29, 1.82) is 0 Å². The van der Waals surface area contributed by atoms with Crippen LogP contribution in [0.15, 0.2) is 0 Å². The van der Waals surface area contributed by atoms with Gasteiger partial charge in [0.1, 0.15) is 0 Å². The van der Waals surface area contributed by atoms with Gasteiger partial charge in [-0.15, -0.1) is 0 Å². The van der Waals surface area contributed by atoms with E-state index in [1.807, 2.05) is 0 Å². The summed E-state index contributed by atoms with van der Waals surface area (Å²) in [4.78, 5) is 13.4. The minimum Gasteiger partial charge on any atom is -0.320 e. The molecule has 0 saturated carbocycles. The maximum Gasteiger partial charge on any atom is 0.250 e. The molecule has 1 fully saturated rings. The van der Waals surface area contributed by atoms with Gasteiger partial charge in [-0.25, -0.2) is 5.84 Å². The number of nitrogens with two attached hydrogens (primary N) is 2. The molecule has 1 aliphatic rings. The van der Waals surface area contributed by atoms with E-state index in [2.05, 4.69) is 17.4 Å². The molecule has 0 aromatic carbocycles. The van der Waals surface area contributed by atoms with Gasteiger partial charge in [-0.2, -0.15) is 0 Å². The SMILES string of the molecule is CN1CCCC(CC(N)C(=O)NN)C1. The Labute approximate surface area is 84.8 Å². The topological polar surface area (TPSA) is 84.4 Å². The van der Waals surface area contributed by atoms with E-state index in [0.717, 1.165) is 25.9 Å². The van der Waals surface area contributed by atoms with Crippen LogP contribution in [0, 0.1) is 5.92 Å². The maximum absolute atomic E-state index is 11.1. The first-order chi connectivity index (χ1) is 6.63. The normalized spacial score (nSPS) is 25.8. The number of hydrogen-bond donors (Lipinski definition) is 3. The monoisotopic (exact) mass is 200 g/mol. The number of likely N-dealkylation sites (tertiary alicyclic amines) is 1. The van der Waals surface area contributed by atoms with E-state index in [4.69, 9.17) is 11.6 Å². The van der Waals surface area contributed by atoms with Crippen LogP contribution < -0.4 is 17.0 Å². The van der Waals surface area contributed by atoms with Crippen molar-refractivity contribution in [3.8, 4) is 0 Å². The van der Waals surface area contributed by atoms with Crippen molar-refractivity contribution in [2.45, 2.75) is 25.3 Å². The summed E-state index contributed by atoms with van der Waals surface area (Å²) in [5, 5.41) is 0. The third-order valence-electron chi connectivity index (χ3n) is 2.79. The third-order valence-corrected chi connectivity index (χ3v) is 2.79. The summed E-state index contributed by atoms with van der Waals surface area (Å²) < 4.78 is 0. The van der Waals surface area contributed by atoms with Crippen LogP contribution in [0.5, 0.6) is 0 Å².